The maximum absolute atomic E-state index is 9.57. The van der Waals surface area contributed by atoms with E-state index in [0.29, 0.717) is 23.0 Å². The van der Waals surface area contributed by atoms with Crippen molar-refractivity contribution in [3.63, 3.8) is 0 Å². The predicted molar refractivity (Wildman–Crippen MR) is 84.4 cm³/mol. The Morgan fingerprint density at radius 2 is 1.52 bits per heavy atom. The summed E-state index contributed by atoms with van der Waals surface area (Å²) in [6.45, 7) is 1.72. The van der Waals surface area contributed by atoms with Crippen LogP contribution in [0.4, 0.5) is 0 Å². The minimum absolute atomic E-state index is 0.521. The molecule has 21 heavy (non-hydrogen) atoms. The lowest BCUT2D eigenvalue weighted by Crippen LogP contribution is -1.93. The molecular formula is C16H17BrO4. The molecule has 0 spiro atoms. The zero-order valence-electron chi connectivity index (χ0n) is 12.1. The molecule has 0 saturated heterocycles. The van der Waals surface area contributed by atoms with Gasteiger partial charge in [0, 0.05) is 18.2 Å². The van der Waals surface area contributed by atoms with Crippen LogP contribution in [0.5, 0.6) is 23.0 Å². The Morgan fingerprint density at radius 3 is 2.00 bits per heavy atom. The van der Waals surface area contributed by atoms with Crippen LogP contribution in [0.3, 0.4) is 0 Å². The molecule has 0 saturated carbocycles. The second kappa shape index (κ2) is 6.83. The van der Waals surface area contributed by atoms with E-state index in [0.717, 1.165) is 10.0 Å². The second-order valence-corrected chi connectivity index (χ2v) is 5.37. The number of aliphatic hydroxyl groups is 1. The molecule has 0 aromatic heterocycles. The van der Waals surface area contributed by atoms with Crippen molar-refractivity contribution in [1.82, 2.24) is 0 Å². The summed E-state index contributed by atoms with van der Waals surface area (Å²) in [6, 6.07) is 10.8. The predicted octanol–water partition coefficient (Wildman–Crippen LogP) is 4.31. The summed E-state index contributed by atoms with van der Waals surface area (Å²) in [5.41, 5.74) is 0.817. The van der Waals surface area contributed by atoms with E-state index in [1.807, 2.05) is 12.1 Å². The summed E-state index contributed by atoms with van der Waals surface area (Å²) in [7, 11) is 3.18. The minimum Gasteiger partial charge on any atom is -0.496 e. The molecule has 0 aliphatic heterocycles. The zero-order chi connectivity index (χ0) is 15.4. The average Bonchev–Trinajstić information content (AvgIpc) is 2.48. The van der Waals surface area contributed by atoms with Crippen molar-refractivity contribution in [3.05, 3.63) is 46.4 Å². The van der Waals surface area contributed by atoms with Crippen LogP contribution in [0.25, 0.3) is 0 Å². The van der Waals surface area contributed by atoms with Crippen LogP contribution in [0.15, 0.2) is 40.9 Å². The first kappa shape index (κ1) is 15.7. The van der Waals surface area contributed by atoms with Gasteiger partial charge in [-0.15, -0.1) is 0 Å². The first-order valence-corrected chi connectivity index (χ1v) is 7.21. The van der Waals surface area contributed by atoms with Gasteiger partial charge in [-0.1, -0.05) is 6.07 Å². The third-order valence-corrected chi connectivity index (χ3v) is 3.61. The topological polar surface area (TPSA) is 47.9 Å². The highest BCUT2D eigenvalue weighted by Gasteiger charge is 2.09. The fraction of sp³-hybridized carbons (Fsp3) is 0.250. The Balaban J connectivity index is 2.29. The van der Waals surface area contributed by atoms with Gasteiger partial charge >= 0.3 is 0 Å². The number of hydrogen-bond donors (Lipinski definition) is 1. The molecule has 2 aromatic rings. The number of ether oxygens (including phenoxy) is 3. The Hall–Kier alpha value is -1.72. The van der Waals surface area contributed by atoms with Crippen molar-refractivity contribution < 1.29 is 19.3 Å². The number of aliphatic hydroxyl groups excluding tert-OH is 1. The average molecular weight is 353 g/mol. The number of methoxy groups -OCH3 is 2. The molecule has 0 unspecified atom stereocenters. The molecule has 0 radical (unpaired) electrons. The van der Waals surface area contributed by atoms with Gasteiger partial charge in [0.2, 0.25) is 0 Å². The maximum atomic E-state index is 9.57. The van der Waals surface area contributed by atoms with Crippen molar-refractivity contribution in [2.24, 2.45) is 0 Å². The van der Waals surface area contributed by atoms with Crippen molar-refractivity contribution in [3.8, 4) is 23.0 Å². The Bertz CT molecular complexity index is 603. The van der Waals surface area contributed by atoms with Crippen LogP contribution in [0, 0.1) is 0 Å². The first-order chi connectivity index (χ1) is 10.0. The van der Waals surface area contributed by atoms with Gasteiger partial charge in [0.1, 0.15) is 23.0 Å². The third-order valence-electron chi connectivity index (χ3n) is 2.99. The molecule has 2 aromatic carbocycles. The van der Waals surface area contributed by atoms with Crippen molar-refractivity contribution >= 4 is 15.9 Å². The maximum Gasteiger partial charge on any atom is 0.141 e. The van der Waals surface area contributed by atoms with Crippen molar-refractivity contribution in [2.45, 2.75) is 13.0 Å². The van der Waals surface area contributed by atoms with Crippen LogP contribution in [-0.2, 0) is 0 Å². The van der Waals surface area contributed by atoms with Gasteiger partial charge in [-0.05, 0) is 40.5 Å². The smallest absolute Gasteiger partial charge is 0.141 e. The molecule has 0 aliphatic carbocycles. The second-order valence-electron chi connectivity index (χ2n) is 4.52. The highest BCUT2D eigenvalue weighted by Crippen LogP contribution is 2.35. The molecule has 0 aliphatic rings. The summed E-state index contributed by atoms with van der Waals surface area (Å²) < 4.78 is 17.0. The van der Waals surface area contributed by atoms with Crippen LogP contribution in [-0.4, -0.2) is 19.3 Å². The normalized spacial score (nSPS) is 11.9. The van der Waals surface area contributed by atoms with Gasteiger partial charge in [0.15, 0.2) is 0 Å². The van der Waals surface area contributed by atoms with E-state index in [4.69, 9.17) is 14.2 Å². The van der Waals surface area contributed by atoms with Crippen LogP contribution < -0.4 is 14.2 Å². The number of hydrogen-bond acceptors (Lipinski definition) is 4. The molecule has 5 heteroatoms. The van der Waals surface area contributed by atoms with Crippen LogP contribution in [0.1, 0.15) is 18.6 Å². The fourth-order valence-corrected chi connectivity index (χ4v) is 2.30. The van der Waals surface area contributed by atoms with Crippen molar-refractivity contribution in [2.75, 3.05) is 14.2 Å². The minimum atomic E-state index is -0.521. The molecule has 0 heterocycles. The van der Waals surface area contributed by atoms with E-state index < -0.39 is 6.10 Å². The van der Waals surface area contributed by atoms with Crippen LogP contribution in [0.2, 0.25) is 0 Å². The highest BCUT2D eigenvalue weighted by atomic mass is 79.9. The van der Waals surface area contributed by atoms with E-state index in [2.05, 4.69) is 15.9 Å². The Labute approximate surface area is 132 Å². The molecule has 0 fully saturated rings. The summed E-state index contributed by atoms with van der Waals surface area (Å²) in [4.78, 5) is 0. The van der Waals surface area contributed by atoms with E-state index in [-0.39, 0.29) is 0 Å². The molecule has 2 rings (SSSR count). The van der Waals surface area contributed by atoms with E-state index in [1.54, 1.807) is 45.4 Å². The molecule has 0 bridgehead atoms. The Morgan fingerprint density at radius 1 is 0.952 bits per heavy atom. The summed E-state index contributed by atoms with van der Waals surface area (Å²) >= 11 is 3.45. The van der Waals surface area contributed by atoms with Gasteiger partial charge in [0.05, 0.1) is 24.8 Å². The molecule has 4 nitrogen and oxygen atoms in total. The third kappa shape index (κ3) is 3.89. The standard InChI is InChI=1S/C16H17BrO4/c1-10(18)11-4-5-16(15(17)6-11)21-14-8-12(19-2)7-13(9-14)20-3/h4-10,18H,1-3H3/t10-/m1/s1. The van der Waals surface area contributed by atoms with Gasteiger partial charge < -0.3 is 19.3 Å². The monoisotopic (exact) mass is 352 g/mol. The van der Waals surface area contributed by atoms with E-state index in [1.165, 1.54) is 0 Å². The summed E-state index contributed by atoms with van der Waals surface area (Å²) in [5.74, 6) is 2.56. The van der Waals surface area contributed by atoms with Gasteiger partial charge in [-0.3, -0.25) is 0 Å². The summed E-state index contributed by atoms with van der Waals surface area (Å²) in [6.07, 6.45) is -0.521. The summed E-state index contributed by atoms with van der Waals surface area (Å²) in [5, 5.41) is 9.57. The SMILES string of the molecule is COc1cc(OC)cc(Oc2ccc([C@@H](C)O)cc2Br)c1. The lowest BCUT2D eigenvalue weighted by atomic mass is 10.1. The van der Waals surface area contributed by atoms with E-state index >= 15 is 0 Å². The highest BCUT2D eigenvalue weighted by molar-refractivity contribution is 9.10. The largest absolute Gasteiger partial charge is 0.496 e. The molecular weight excluding hydrogens is 336 g/mol. The number of rotatable bonds is 5. The number of benzene rings is 2. The fourth-order valence-electron chi connectivity index (χ4n) is 1.83. The van der Waals surface area contributed by atoms with Gasteiger partial charge in [0.25, 0.3) is 0 Å². The first-order valence-electron chi connectivity index (χ1n) is 6.42. The van der Waals surface area contributed by atoms with Crippen LogP contribution >= 0.6 is 15.9 Å². The van der Waals surface area contributed by atoms with Gasteiger partial charge in [-0.25, -0.2) is 0 Å². The lowest BCUT2D eigenvalue weighted by Gasteiger charge is -2.12. The van der Waals surface area contributed by atoms with Crippen molar-refractivity contribution in [1.29, 1.82) is 0 Å². The molecule has 112 valence electrons. The zero-order valence-corrected chi connectivity index (χ0v) is 13.7. The number of halogens is 1. The van der Waals surface area contributed by atoms with Gasteiger partial charge in [-0.2, -0.15) is 0 Å². The lowest BCUT2D eigenvalue weighted by molar-refractivity contribution is 0.199. The Kier molecular flexibility index (Phi) is 5.09. The quantitative estimate of drug-likeness (QED) is 0.870. The molecule has 1 atom stereocenters. The molecule has 1 N–H and O–H groups in total. The van der Waals surface area contributed by atoms with E-state index in [9.17, 15) is 5.11 Å². The molecule has 0 amide bonds.